The molecule has 1 saturated heterocycles. The van der Waals surface area contributed by atoms with Gasteiger partial charge in [0.25, 0.3) is 5.91 Å². The number of hydrogen-bond donors (Lipinski definition) is 2. The van der Waals surface area contributed by atoms with Crippen molar-refractivity contribution in [2.24, 2.45) is 0 Å². The Morgan fingerprint density at radius 2 is 1.93 bits per heavy atom. The normalized spacial score (nSPS) is 15.8. The summed E-state index contributed by atoms with van der Waals surface area (Å²) < 4.78 is 39.5. The molecule has 0 unspecified atom stereocenters. The van der Waals surface area contributed by atoms with Gasteiger partial charge in [-0.2, -0.15) is 13.2 Å². The summed E-state index contributed by atoms with van der Waals surface area (Å²) in [4.78, 5) is 35.2. The number of aryl methyl sites for hydroxylation is 1. The third-order valence-corrected chi connectivity index (χ3v) is 5.41. The van der Waals surface area contributed by atoms with Crippen LogP contribution in [-0.4, -0.2) is 25.2 Å². The lowest BCUT2D eigenvalue weighted by molar-refractivity contribution is -0.141. The number of carbonyl (C=O) groups excluding carboxylic acids is 1. The smallest absolute Gasteiger partial charge is 0.335 e. The summed E-state index contributed by atoms with van der Waals surface area (Å²) in [5.41, 5.74) is -0.409. The van der Waals surface area contributed by atoms with Gasteiger partial charge in [-0.1, -0.05) is 30.0 Å². The van der Waals surface area contributed by atoms with E-state index in [1.165, 1.54) is 6.07 Å². The standard InChI is InChI=1S/C19H11F3N4O2S2/c1-8-5-10-12(27)7-14(19(20,21)22)24-16(10)25-15(8)11-4-2-3-9(23-11)6-13-17(28)26-18(29)30-13/h2-7H,1H3,(H,24,25,27)(H,26,28,29). The molecule has 1 aliphatic heterocycles. The highest BCUT2D eigenvalue weighted by molar-refractivity contribution is 8.26. The molecule has 6 nitrogen and oxygen atoms in total. The number of H-pyrrole nitrogens is 1. The highest BCUT2D eigenvalue weighted by atomic mass is 32.2. The van der Waals surface area contributed by atoms with E-state index in [4.69, 9.17) is 12.2 Å². The van der Waals surface area contributed by atoms with E-state index in [1.54, 1.807) is 31.2 Å². The molecular formula is C19H11F3N4O2S2. The number of aromatic nitrogens is 3. The Kier molecular flexibility index (Phi) is 4.94. The van der Waals surface area contributed by atoms with Crippen molar-refractivity contribution in [2.75, 3.05) is 0 Å². The van der Waals surface area contributed by atoms with Gasteiger partial charge in [-0.3, -0.25) is 9.59 Å². The molecule has 0 saturated carbocycles. The second kappa shape index (κ2) is 7.33. The van der Waals surface area contributed by atoms with Crippen LogP contribution in [0.15, 0.2) is 40.0 Å². The van der Waals surface area contributed by atoms with Crippen molar-refractivity contribution in [1.29, 1.82) is 0 Å². The molecule has 0 atom stereocenters. The van der Waals surface area contributed by atoms with E-state index in [0.717, 1.165) is 11.8 Å². The van der Waals surface area contributed by atoms with E-state index in [-0.39, 0.29) is 16.9 Å². The molecule has 152 valence electrons. The Morgan fingerprint density at radius 1 is 1.17 bits per heavy atom. The largest absolute Gasteiger partial charge is 0.431 e. The number of rotatable bonds is 2. The Balaban J connectivity index is 1.82. The average Bonchev–Trinajstić information content (AvgIpc) is 2.98. The van der Waals surface area contributed by atoms with Crippen LogP contribution in [0.3, 0.4) is 0 Å². The SMILES string of the molecule is Cc1cc2c(=O)cc(C(F)(F)F)[nH]c2nc1-c1cccc(C=C2SC(=S)NC2=O)n1. The molecule has 0 aromatic carbocycles. The van der Waals surface area contributed by atoms with Crippen LogP contribution in [0.5, 0.6) is 0 Å². The second-order valence-electron chi connectivity index (χ2n) is 6.39. The topological polar surface area (TPSA) is 87.7 Å². The predicted octanol–water partition coefficient (Wildman–Crippen LogP) is 3.80. The summed E-state index contributed by atoms with van der Waals surface area (Å²) in [5.74, 6) is -0.325. The highest BCUT2D eigenvalue weighted by Crippen LogP contribution is 2.29. The molecule has 1 fully saturated rings. The molecule has 1 aliphatic rings. The molecule has 0 bridgehead atoms. The summed E-state index contributed by atoms with van der Waals surface area (Å²) in [7, 11) is 0. The first kappa shape index (κ1) is 20.2. The summed E-state index contributed by atoms with van der Waals surface area (Å²) in [6.45, 7) is 1.68. The van der Waals surface area contributed by atoms with Crippen molar-refractivity contribution in [2.45, 2.75) is 13.1 Å². The lowest BCUT2D eigenvalue weighted by Gasteiger charge is -2.10. The average molecular weight is 448 g/mol. The molecule has 2 N–H and O–H groups in total. The number of thiocarbonyl (C=S) groups is 1. The molecule has 0 spiro atoms. The molecule has 4 rings (SSSR count). The minimum absolute atomic E-state index is 0.0510. The number of fused-ring (bicyclic) bond motifs is 1. The van der Waals surface area contributed by atoms with Crippen molar-refractivity contribution in [1.82, 2.24) is 20.3 Å². The zero-order chi connectivity index (χ0) is 21.6. The number of carbonyl (C=O) groups is 1. The molecule has 30 heavy (non-hydrogen) atoms. The minimum atomic E-state index is -4.70. The third-order valence-electron chi connectivity index (χ3n) is 4.25. The van der Waals surface area contributed by atoms with Crippen LogP contribution in [-0.2, 0) is 11.0 Å². The molecule has 0 aliphatic carbocycles. The number of amides is 1. The number of thioether (sulfide) groups is 1. The fourth-order valence-electron chi connectivity index (χ4n) is 2.90. The number of halogens is 3. The summed E-state index contributed by atoms with van der Waals surface area (Å²) in [6, 6.07) is 6.99. The lowest BCUT2D eigenvalue weighted by Crippen LogP contribution is -2.17. The summed E-state index contributed by atoms with van der Waals surface area (Å²) >= 11 is 6.06. The Bertz CT molecular complexity index is 1320. The van der Waals surface area contributed by atoms with Crippen LogP contribution < -0.4 is 10.7 Å². The van der Waals surface area contributed by atoms with Crippen LogP contribution in [0.1, 0.15) is 17.0 Å². The maximum Gasteiger partial charge on any atom is 0.431 e. The van der Waals surface area contributed by atoms with Crippen LogP contribution in [0.2, 0.25) is 0 Å². The van der Waals surface area contributed by atoms with Crippen molar-refractivity contribution in [3.63, 3.8) is 0 Å². The number of hydrogen-bond acceptors (Lipinski definition) is 6. The van der Waals surface area contributed by atoms with Crippen molar-refractivity contribution < 1.29 is 18.0 Å². The molecule has 11 heteroatoms. The lowest BCUT2D eigenvalue weighted by atomic mass is 10.1. The molecular weight excluding hydrogens is 437 g/mol. The Hall–Kier alpha value is -3.05. The van der Waals surface area contributed by atoms with Gasteiger partial charge in [-0.25, -0.2) is 9.97 Å². The van der Waals surface area contributed by atoms with E-state index in [9.17, 15) is 22.8 Å². The Labute approximate surface area is 176 Å². The zero-order valence-electron chi connectivity index (χ0n) is 15.1. The maximum atomic E-state index is 13.0. The van der Waals surface area contributed by atoms with E-state index in [1.807, 2.05) is 0 Å². The van der Waals surface area contributed by atoms with E-state index >= 15 is 0 Å². The van der Waals surface area contributed by atoms with Gasteiger partial charge in [0.05, 0.1) is 27.4 Å². The number of nitrogens with zero attached hydrogens (tertiary/aromatic N) is 2. The van der Waals surface area contributed by atoms with Crippen LogP contribution in [0.4, 0.5) is 13.2 Å². The molecule has 3 aromatic rings. The van der Waals surface area contributed by atoms with Crippen LogP contribution in [0.25, 0.3) is 28.5 Å². The minimum Gasteiger partial charge on any atom is -0.335 e. The van der Waals surface area contributed by atoms with Crippen molar-refractivity contribution in [3.8, 4) is 11.4 Å². The van der Waals surface area contributed by atoms with Crippen LogP contribution in [0, 0.1) is 6.92 Å². The fourth-order valence-corrected chi connectivity index (χ4v) is 3.93. The van der Waals surface area contributed by atoms with E-state index < -0.39 is 17.3 Å². The van der Waals surface area contributed by atoms with Gasteiger partial charge < -0.3 is 10.3 Å². The van der Waals surface area contributed by atoms with Gasteiger partial charge in [0.1, 0.15) is 15.7 Å². The van der Waals surface area contributed by atoms with Gasteiger partial charge in [0.2, 0.25) is 0 Å². The van der Waals surface area contributed by atoms with Gasteiger partial charge >= 0.3 is 6.18 Å². The summed E-state index contributed by atoms with van der Waals surface area (Å²) in [5, 5.41) is 2.56. The first-order valence-electron chi connectivity index (χ1n) is 8.46. The van der Waals surface area contributed by atoms with Gasteiger partial charge in [-0.05, 0) is 36.8 Å². The van der Waals surface area contributed by atoms with Gasteiger partial charge in [0.15, 0.2) is 5.43 Å². The first-order valence-corrected chi connectivity index (χ1v) is 9.68. The van der Waals surface area contributed by atoms with Crippen molar-refractivity contribution >= 4 is 51.3 Å². The molecule has 1 amide bonds. The highest BCUT2D eigenvalue weighted by Gasteiger charge is 2.32. The monoisotopic (exact) mass is 448 g/mol. The summed E-state index contributed by atoms with van der Waals surface area (Å²) in [6.07, 6.45) is -3.15. The zero-order valence-corrected chi connectivity index (χ0v) is 16.8. The predicted molar refractivity (Wildman–Crippen MR) is 112 cm³/mol. The van der Waals surface area contributed by atoms with E-state index in [0.29, 0.717) is 37.9 Å². The Morgan fingerprint density at radius 3 is 2.60 bits per heavy atom. The van der Waals surface area contributed by atoms with Crippen LogP contribution >= 0.6 is 24.0 Å². The fraction of sp³-hybridized carbons (Fsp3) is 0.105. The van der Waals surface area contributed by atoms with Gasteiger partial charge in [0, 0.05) is 6.07 Å². The third kappa shape index (κ3) is 3.85. The van der Waals surface area contributed by atoms with E-state index in [2.05, 4.69) is 20.3 Å². The number of nitrogens with one attached hydrogen (secondary N) is 2. The quantitative estimate of drug-likeness (QED) is 0.458. The maximum absolute atomic E-state index is 13.0. The first-order chi connectivity index (χ1) is 14.1. The number of aromatic amines is 1. The van der Waals surface area contributed by atoms with Crippen molar-refractivity contribution in [3.05, 3.63) is 62.4 Å². The van der Waals surface area contributed by atoms with Gasteiger partial charge in [-0.15, -0.1) is 0 Å². The number of pyridine rings is 3. The number of alkyl halides is 3. The second-order valence-corrected chi connectivity index (χ2v) is 8.11. The molecule has 4 heterocycles. The molecule has 3 aromatic heterocycles. The molecule has 0 radical (unpaired) electrons.